The van der Waals surface area contributed by atoms with Gasteiger partial charge in [-0.2, -0.15) is 0 Å². The predicted molar refractivity (Wildman–Crippen MR) is 90.3 cm³/mol. The van der Waals surface area contributed by atoms with Crippen LogP contribution in [0.2, 0.25) is 0 Å². The van der Waals surface area contributed by atoms with Crippen molar-refractivity contribution < 1.29 is 14.6 Å². The number of amides is 1. The first kappa shape index (κ1) is 17.0. The Hall–Kier alpha value is -2.33. The fourth-order valence-electron chi connectivity index (χ4n) is 2.31. The minimum absolute atomic E-state index is 0.132. The lowest BCUT2D eigenvalue weighted by molar-refractivity contribution is 0.129. The highest BCUT2D eigenvalue weighted by Crippen LogP contribution is 2.11. The number of rotatable bonds is 6. The predicted octanol–water partition coefficient (Wildman–Crippen LogP) is 3.13. The van der Waals surface area contributed by atoms with E-state index in [0.29, 0.717) is 6.42 Å². The lowest BCUT2D eigenvalue weighted by Gasteiger charge is -2.17. The summed E-state index contributed by atoms with van der Waals surface area (Å²) in [4.78, 5) is 11.9. The summed E-state index contributed by atoms with van der Waals surface area (Å²) in [6, 6.07) is 15.3. The van der Waals surface area contributed by atoms with E-state index in [1.165, 1.54) is 11.1 Å². The van der Waals surface area contributed by atoms with Gasteiger partial charge in [-0.05, 0) is 42.5 Å². The van der Waals surface area contributed by atoms with Crippen molar-refractivity contribution in [1.82, 2.24) is 5.32 Å². The molecule has 2 rings (SSSR count). The number of hydrogen-bond acceptors (Lipinski definition) is 3. The molecule has 122 valence electrons. The molecule has 0 saturated heterocycles. The topological polar surface area (TPSA) is 58.6 Å². The highest BCUT2D eigenvalue weighted by molar-refractivity contribution is 5.67. The molecule has 2 N–H and O–H groups in total. The molecule has 2 aromatic carbocycles. The molecule has 0 aromatic heterocycles. The van der Waals surface area contributed by atoms with Gasteiger partial charge >= 0.3 is 6.09 Å². The van der Waals surface area contributed by atoms with Crippen LogP contribution in [0, 0.1) is 13.8 Å². The van der Waals surface area contributed by atoms with Crippen LogP contribution in [0.4, 0.5) is 4.79 Å². The number of ether oxygens (including phenoxy) is 1. The third-order valence-corrected chi connectivity index (χ3v) is 3.81. The first-order valence-electron chi connectivity index (χ1n) is 7.72. The second-order valence-corrected chi connectivity index (χ2v) is 5.71. The summed E-state index contributed by atoms with van der Waals surface area (Å²) in [6.07, 6.45) is 0.0506. The van der Waals surface area contributed by atoms with Crippen molar-refractivity contribution in [1.29, 1.82) is 0 Å². The Kier molecular flexibility index (Phi) is 6.18. The van der Waals surface area contributed by atoms with Gasteiger partial charge in [-0.3, -0.25) is 0 Å². The normalized spacial score (nSPS) is 11.8. The Labute approximate surface area is 137 Å². The van der Waals surface area contributed by atoms with E-state index in [2.05, 4.69) is 18.3 Å². The Morgan fingerprint density at radius 1 is 1.09 bits per heavy atom. The molecule has 0 radical (unpaired) electrons. The van der Waals surface area contributed by atoms with Crippen molar-refractivity contribution >= 4 is 6.09 Å². The number of alkyl carbamates (subject to hydrolysis) is 1. The molecule has 4 nitrogen and oxygen atoms in total. The van der Waals surface area contributed by atoms with Gasteiger partial charge in [0, 0.05) is 0 Å². The van der Waals surface area contributed by atoms with Crippen LogP contribution in [0.3, 0.4) is 0 Å². The monoisotopic (exact) mass is 313 g/mol. The molecule has 0 heterocycles. The Bertz CT molecular complexity index is 640. The van der Waals surface area contributed by atoms with Gasteiger partial charge in [-0.15, -0.1) is 0 Å². The largest absolute Gasteiger partial charge is 0.445 e. The van der Waals surface area contributed by atoms with E-state index in [1.807, 2.05) is 49.4 Å². The van der Waals surface area contributed by atoms with E-state index in [0.717, 1.165) is 11.1 Å². The minimum atomic E-state index is -0.517. The lowest BCUT2D eigenvalue weighted by atomic mass is 10.0. The van der Waals surface area contributed by atoms with E-state index in [9.17, 15) is 9.90 Å². The summed E-state index contributed by atoms with van der Waals surface area (Å²) >= 11 is 0. The molecular formula is C19H23NO3. The molecule has 0 saturated carbocycles. The van der Waals surface area contributed by atoms with Crippen LogP contribution in [-0.2, 0) is 17.8 Å². The first-order valence-corrected chi connectivity index (χ1v) is 7.72. The summed E-state index contributed by atoms with van der Waals surface area (Å²) in [5, 5.41) is 12.2. The average molecular weight is 313 g/mol. The second-order valence-electron chi connectivity index (χ2n) is 5.71. The summed E-state index contributed by atoms with van der Waals surface area (Å²) in [7, 11) is 0. The Morgan fingerprint density at radius 3 is 2.48 bits per heavy atom. The number of aryl methyl sites for hydroxylation is 2. The molecule has 2 aromatic rings. The Balaban J connectivity index is 1.85. The fraction of sp³-hybridized carbons (Fsp3) is 0.316. The third-order valence-electron chi connectivity index (χ3n) is 3.81. The number of hydrogen-bond donors (Lipinski definition) is 2. The van der Waals surface area contributed by atoms with Gasteiger partial charge in [0.25, 0.3) is 0 Å². The van der Waals surface area contributed by atoms with Gasteiger partial charge in [-0.1, -0.05) is 48.5 Å². The molecule has 0 fully saturated rings. The summed E-state index contributed by atoms with van der Waals surface area (Å²) < 4.78 is 5.18. The SMILES string of the molecule is Cc1ccc(CC(CO)NC(=O)OCc2ccccc2)cc1C. The van der Waals surface area contributed by atoms with Gasteiger partial charge < -0.3 is 15.2 Å². The van der Waals surface area contributed by atoms with Crippen molar-refractivity contribution in [2.24, 2.45) is 0 Å². The van der Waals surface area contributed by atoms with Crippen LogP contribution >= 0.6 is 0 Å². The fourth-order valence-corrected chi connectivity index (χ4v) is 2.31. The number of benzene rings is 2. The highest BCUT2D eigenvalue weighted by Gasteiger charge is 2.13. The van der Waals surface area contributed by atoms with Gasteiger partial charge in [0.05, 0.1) is 12.6 Å². The molecule has 0 bridgehead atoms. The van der Waals surface area contributed by atoms with Crippen molar-refractivity contribution in [3.63, 3.8) is 0 Å². The standard InChI is InChI=1S/C19H23NO3/c1-14-8-9-17(10-15(14)2)11-18(12-21)20-19(22)23-13-16-6-4-3-5-7-16/h3-10,18,21H,11-13H2,1-2H3,(H,20,22). The third kappa shape index (κ3) is 5.42. The maximum Gasteiger partial charge on any atom is 0.407 e. The number of carbonyl (C=O) groups excluding carboxylic acids is 1. The maximum atomic E-state index is 11.9. The smallest absolute Gasteiger partial charge is 0.407 e. The summed E-state index contributed by atoms with van der Waals surface area (Å²) in [5.41, 5.74) is 4.43. The summed E-state index contributed by atoms with van der Waals surface area (Å²) in [5.74, 6) is 0. The van der Waals surface area contributed by atoms with E-state index < -0.39 is 6.09 Å². The van der Waals surface area contributed by atoms with Crippen molar-refractivity contribution in [2.75, 3.05) is 6.61 Å². The molecule has 23 heavy (non-hydrogen) atoms. The van der Waals surface area contributed by atoms with E-state index >= 15 is 0 Å². The lowest BCUT2D eigenvalue weighted by Crippen LogP contribution is -2.39. The molecule has 0 spiro atoms. The molecular weight excluding hydrogens is 290 g/mol. The quantitative estimate of drug-likeness (QED) is 0.861. The molecule has 1 unspecified atom stereocenters. The van der Waals surface area contributed by atoms with Crippen molar-refractivity contribution in [3.8, 4) is 0 Å². The zero-order chi connectivity index (χ0) is 16.7. The van der Waals surface area contributed by atoms with Crippen LogP contribution in [0.5, 0.6) is 0 Å². The van der Waals surface area contributed by atoms with Gasteiger partial charge in [0.15, 0.2) is 0 Å². The first-order chi connectivity index (χ1) is 11.1. The molecule has 1 atom stereocenters. The van der Waals surface area contributed by atoms with E-state index in [4.69, 9.17) is 4.74 Å². The zero-order valence-corrected chi connectivity index (χ0v) is 13.6. The molecule has 0 aliphatic carbocycles. The van der Waals surface area contributed by atoms with Crippen LogP contribution in [0.25, 0.3) is 0 Å². The van der Waals surface area contributed by atoms with Gasteiger partial charge in [0.1, 0.15) is 6.61 Å². The van der Waals surface area contributed by atoms with Crippen LogP contribution in [0.1, 0.15) is 22.3 Å². The zero-order valence-electron chi connectivity index (χ0n) is 13.6. The number of aliphatic hydroxyl groups excluding tert-OH is 1. The van der Waals surface area contributed by atoms with Crippen molar-refractivity contribution in [2.45, 2.75) is 32.9 Å². The minimum Gasteiger partial charge on any atom is -0.445 e. The number of carbonyl (C=O) groups is 1. The van der Waals surface area contributed by atoms with Crippen LogP contribution < -0.4 is 5.32 Å². The van der Waals surface area contributed by atoms with Gasteiger partial charge in [-0.25, -0.2) is 4.79 Å². The molecule has 0 aliphatic heterocycles. The van der Waals surface area contributed by atoms with E-state index in [-0.39, 0.29) is 19.3 Å². The Morgan fingerprint density at radius 2 is 1.83 bits per heavy atom. The van der Waals surface area contributed by atoms with Crippen molar-refractivity contribution in [3.05, 3.63) is 70.8 Å². The van der Waals surface area contributed by atoms with Gasteiger partial charge in [0.2, 0.25) is 0 Å². The van der Waals surface area contributed by atoms with Crippen LogP contribution in [-0.4, -0.2) is 23.8 Å². The van der Waals surface area contributed by atoms with Crippen LogP contribution in [0.15, 0.2) is 48.5 Å². The van der Waals surface area contributed by atoms with E-state index in [1.54, 1.807) is 0 Å². The second kappa shape index (κ2) is 8.34. The molecule has 0 aliphatic rings. The molecule has 1 amide bonds. The highest BCUT2D eigenvalue weighted by atomic mass is 16.5. The number of aliphatic hydroxyl groups is 1. The average Bonchev–Trinajstić information content (AvgIpc) is 2.56. The summed E-state index contributed by atoms with van der Waals surface area (Å²) in [6.45, 7) is 4.19. The maximum absolute atomic E-state index is 11.9. The molecule has 4 heteroatoms. The number of nitrogens with one attached hydrogen (secondary N) is 1.